The minimum absolute atomic E-state index is 0.0313. The Bertz CT molecular complexity index is 576. The Kier molecular flexibility index (Phi) is 4.18. The van der Waals surface area contributed by atoms with Crippen molar-refractivity contribution in [3.05, 3.63) is 53.6 Å². The first-order chi connectivity index (χ1) is 9.47. The van der Waals surface area contributed by atoms with Crippen LogP contribution in [0, 0.1) is 6.92 Å². The monoisotopic (exact) mass is 270 g/mol. The van der Waals surface area contributed by atoms with Crippen molar-refractivity contribution >= 4 is 11.4 Å². The molecule has 20 heavy (non-hydrogen) atoms. The first-order valence-corrected chi connectivity index (χ1v) is 6.77. The zero-order valence-corrected chi connectivity index (χ0v) is 12.6. The fourth-order valence-electron chi connectivity index (χ4n) is 2.08. The molecule has 0 saturated carbocycles. The number of nitrogens with zero attached hydrogens (tertiary/aromatic N) is 1. The Morgan fingerprint density at radius 1 is 1.05 bits per heavy atom. The standard InChI is InChI=1S/C17H22N2O/c1-12-5-10-17(16(18)11-12)20-13(2)14-6-8-15(9-7-14)19(3)4/h5-11,13H,18H2,1-4H3. The molecule has 3 nitrogen and oxygen atoms in total. The SMILES string of the molecule is Cc1ccc(OC(C)c2ccc(N(C)C)cc2)c(N)c1. The Labute approximate surface area is 121 Å². The molecular formula is C17H22N2O. The first kappa shape index (κ1) is 14.3. The van der Waals surface area contributed by atoms with Crippen LogP contribution in [0.2, 0.25) is 0 Å². The van der Waals surface area contributed by atoms with Gasteiger partial charge in [0, 0.05) is 19.8 Å². The lowest BCUT2D eigenvalue weighted by molar-refractivity contribution is 0.228. The maximum absolute atomic E-state index is 5.98. The highest BCUT2D eigenvalue weighted by Crippen LogP contribution is 2.28. The molecule has 2 aromatic carbocycles. The Hall–Kier alpha value is -2.16. The molecule has 0 aliphatic heterocycles. The summed E-state index contributed by atoms with van der Waals surface area (Å²) in [6.07, 6.45) is -0.0313. The van der Waals surface area contributed by atoms with Gasteiger partial charge >= 0.3 is 0 Å². The van der Waals surface area contributed by atoms with Crippen LogP contribution in [-0.4, -0.2) is 14.1 Å². The molecule has 1 unspecified atom stereocenters. The Morgan fingerprint density at radius 3 is 2.25 bits per heavy atom. The Balaban J connectivity index is 2.13. The lowest BCUT2D eigenvalue weighted by atomic mass is 10.1. The second-order valence-corrected chi connectivity index (χ2v) is 5.29. The quantitative estimate of drug-likeness (QED) is 0.859. The van der Waals surface area contributed by atoms with Crippen LogP contribution in [-0.2, 0) is 0 Å². The van der Waals surface area contributed by atoms with E-state index in [-0.39, 0.29) is 6.10 Å². The zero-order chi connectivity index (χ0) is 14.7. The molecule has 0 radical (unpaired) electrons. The molecule has 0 heterocycles. The molecule has 0 spiro atoms. The molecule has 2 rings (SSSR count). The minimum atomic E-state index is -0.0313. The van der Waals surface area contributed by atoms with Gasteiger partial charge < -0.3 is 15.4 Å². The molecule has 1 atom stereocenters. The highest BCUT2D eigenvalue weighted by Gasteiger charge is 2.09. The number of hydrogen-bond donors (Lipinski definition) is 1. The summed E-state index contributed by atoms with van der Waals surface area (Å²) in [5.74, 6) is 0.736. The number of nitrogens with two attached hydrogens (primary N) is 1. The fourth-order valence-corrected chi connectivity index (χ4v) is 2.08. The summed E-state index contributed by atoms with van der Waals surface area (Å²) < 4.78 is 5.95. The molecule has 106 valence electrons. The van der Waals surface area contributed by atoms with Crippen molar-refractivity contribution in [3.8, 4) is 5.75 Å². The number of ether oxygens (including phenoxy) is 1. The van der Waals surface area contributed by atoms with Gasteiger partial charge in [-0.25, -0.2) is 0 Å². The molecule has 3 heteroatoms. The van der Waals surface area contributed by atoms with Gasteiger partial charge in [0.15, 0.2) is 0 Å². The summed E-state index contributed by atoms with van der Waals surface area (Å²) in [5.41, 5.74) is 10.1. The molecule has 0 bridgehead atoms. The average molecular weight is 270 g/mol. The lowest BCUT2D eigenvalue weighted by Crippen LogP contribution is -2.09. The second-order valence-electron chi connectivity index (χ2n) is 5.29. The third-order valence-electron chi connectivity index (χ3n) is 3.35. The van der Waals surface area contributed by atoms with Crippen LogP contribution in [0.5, 0.6) is 5.75 Å². The van der Waals surface area contributed by atoms with Crippen LogP contribution < -0.4 is 15.4 Å². The number of benzene rings is 2. The van der Waals surface area contributed by atoms with Crippen LogP contribution in [0.15, 0.2) is 42.5 Å². The highest BCUT2D eigenvalue weighted by atomic mass is 16.5. The van der Waals surface area contributed by atoms with Crippen molar-refractivity contribution in [2.45, 2.75) is 20.0 Å². The molecule has 0 fully saturated rings. The third-order valence-corrected chi connectivity index (χ3v) is 3.35. The molecule has 0 aliphatic rings. The van der Waals surface area contributed by atoms with Gasteiger partial charge in [0.2, 0.25) is 0 Å². The van der Waals surface area contributed by atoms with Gasteiger partial charge in [-0.3, -0.25) is 0 Å². The summed E-state index contributed by atoms with van der Waals surface area (Å²) >= 11 is 0. The van der Waals surface area contributed by atoms with E-state index in [2.05, 4.69) is 29.2 Å². The lowest BCUT2D eigenvalue weighted by Gasteiger charge is -2.18. The van der Waals surface area contributed by atoms with Gasteiger partial charge in [-0.15, -0.1) is 0 Å². The predicted molar refractivity (Wildman–Crippen MR) is 85.4 cm³/mol. The van der Waals surface area contributed by atoms with Crippen LogP contribution in [0.4, 0.5) is 11.4 Å². The minimum Gasteiger partial charge on any atom is -0.484 e. The van der Waals surface area contributed by atoms with Gasteiger partial charge in [0.1, 0.15) is 11.9 Å². The summed E-state index contributed by atoms with van der Waals surface area (Å²) in [4.78, 5) is 2.08. The van der Waals surface area contributed by atoms with Crippen molar-refractivity contribution in [3.63, 3.8) is 0 Å². The van der Waals surface area contributed by atoms with E-state index >= 15 is 0 Å². The number of nitrogen functional groups attached to an aromatic ring is 1. The molecule has 0 aliphatic carbocycles. The Morgan fingerprint density at radius 2 is 1.70 bits per heavy atom. The fraction of sp³-hybridized carbons (Fsp3) is 0.294. The van der Waals surface area contributed by atoms with E-state index in [1.54, 1.807) is 0 Å². The molecule has 2 N–H and O–H groups in total. The molecule has 0 amide bonds. The van der Waals surface area contributed by atoms with E-state index in [1.165, 1.54) is 5.69 Å². The van der Waals surface area contributed by atoms with Gasteiger partial charge in [-0.1, -0.05) is 18.2 Å². The number of hydrogen-bond acceptors (Lipinski definition) is 3. The second kappa shape index (κ2) is 5.87. The van der Waals surface area contributed by atoms with E-state index in [9.17, 15) is 0 Å². The van der Waals surface area contributed by atoms with E-state index in [0.717, 1.165) is 16.9 Å². The van der Waals surface area contributed by atoms with Crippen molar-refractivity contribution in [1.82, 2.24) is 0 Å². The average Bonchev–Trinajstić information content (AvgIpc) is 2.42. The van der Waals surface area contributed by atoms with Crippen molar-refractivity contribution < 1.29 is 4.74 Å². The normalized spacial score (nSPS) is 12.0. The summed E-state index contributed by atoms with van der Waals surface area (Å²) in [7, 11) is 4.06. The van der Waals surface area contributed by atoms with Gasteiger partial charge in [-0.05, 0) is 49.2 Å². The number of anilines is 2. The summed E-state index contributed by atoms with van der Waals surface area (Å²) in [6.45, 7) is 4.05. The van der Waals surface area contributed by atoms with Crippen molar-refractivity contribution in [2.75, 3.05) is 24.7 Å². The largest absolute Gasteiger partial charge is 0.484 e. The molecule has 2 aromatic rings. The maximum Gasteiger partial charge on any atom is 0.143 e. The van der Waals surface area contributed by atoms with Crippen molar-refractivity contribution in [2.24, 2.45) is 0 Å². The highest BCUT2D eigenvalue weighted by molar-refractivity contribution is 5.54. The summed E-state index contributed by atoms with van der Waals surface area (Å²) in [5, 5.41) is 0. The van der Waals surface area contributed by atoms with Gasteiger partial charge in [-0.2, -0.15) is 0 Å². The summed E-state index contributed by atoms with van der Waals surface area (Å²) in [6, 6.07) is 14.2. The van der Waals surface area contributed by atoms with Gasteiger partial charge in [0.25, 0.3) is 0 Å². The topological polar surface area (TPSA) is 38.5 Å². The number of aryl methyl sites for hydroxylation is 1. The number of rotatable bonds is 4. The van der Waals surface area contributed by atoms with Crippen LogP contribution in [0.1, 0.15) is 24.2 Å². The first-order valence-electron chi connectivity index (χ1n) is 6.77. The maximum atomic E-state index is 5.98. The van der Waals surface area contributed by atoms with E-state index in [4.69, 9.17) is 10.5 Å². The van der Waals surface area contributed by atoms with Crippen molar-refractivity contribution in [1.29, 1.82) is 0 Å². The van der Waals surface area contributed by atoms with Crippen LogP contribution in [0.25, 0.3) is 0 Å². The van der Waals surface area contributed by atoms with E-state index in [1.807, 2.05) is 46.1 Å². The zero-order valence-electron chi connectivity index (χ0n) is 12.6. The van der Waals surface area contributed by atoms with Crippen LogP contribution >= 0.6 is 0 Å². The van der Waals surface area contributed by atoms with E-state index in [0.29, 0.717) is 5.69 Å². The molecule has 0 aromatic heterocycles. The molecule has 0 saturated heterocycles. The molecular weight excluding hydrogens is 248 g/mol. The van der Waals surface area contributed by atoms with Gasteiger partial charge in [0.05, 0.1) is 5.69 Å². The predicted octanol–water partition coefficient (Wildman–Crippen LogP) is 3.78. The van der Waals surface area contributed by atoms with Crippen LogP contribution in [0.3, 0.4) is 0 Å². The van der Waals surface area contributed by atoms with E-state index < -0.39 is 0 Å². The third kappa shape index (κ3) is 3.23. The smallest absolute Gasteiger partial charge is 0.143 e.